The smallest absolute Gasteiger partial charge is 0.252 e. The quantitative estimate of drug-likeness (QED) is 0.386. The molecule has 1 aromatic heterocycles. The van der Waals surface area contributed by atoms with Crippen LogP contribution in [0.2, 0.25) is 0 Å². The summed E-state index contributed by atoms with van der Waals surface area (Å²) in [5, 5.41) is 5.67. The average Bonchev–Trinajstić information content (AvgIpc) is 3.03. The Kier molecular flexibility index (Phi) is 7.81. The van der Waals surface area contributed by atoms with Crippen LogP contribution in [0.15, 0.2) is 91.3 Å². The molecule has 9 heteroatoms. The van der Waals surface area contributed by atoms with Crippen molar-refractivity contribution in [1.29, 1.82) is 0 Å². The van der Waals surface area contributed by atoms with Crippen molar-refractivity contribution in [3.63, 3.8) is 0 Å². The van der Waals surface area contributed by atoms with E-state index in [1.165, 1.54) is 6.20 Å². The Bertz CT molecular complexity index is 1620. The molecule has 3 aromatic carbocycles. The van der Waals surface area contributed by atoms with E-state index < -0.39 is 0 Å². The van der Waals surface area contributed by atoms with Crippen molar-refractivity contribution in [2.24, 2.45) is 0 Å². The van der Waals surface area contributed by atoms with Crippen molar-refractivity contribution in [2.75, 3.05) is 26.2 Å². The van der Waals surface area contributed by atoms with Gasteiger partial charge in [-0.2, -0.15) is 0 Å². The molecule has 0 radical (unpaired) electrons. The first-order valence-corrected chi connectivity index (χ1v) is 13.9. The van der Waals surface area contributed by atoms with Gasteiger partial charge in [0.2, 0.25) is 5.91 Å². The van der Waals surface area contributed by atoms with E-state index in [4.69, 9.17) is 9.47 Å². The summed E-state index contributed by atoms with van der Waals surface area (Å²) in [5.74, 6) is 1.04. The van der Waals surface area contributed by atoms with Crippen LogP contribution in [-0.2, 0) is 11.2 Å². The van der Waals surface area contributed by atoms with Crippen LogP contribution >= 0.6 is 0 Å². The first-order chi connectivity index (χ1) is 20.5. The highest BCUT2D eigenvalue weighted by molar-refractivity contribution is 5.96. The van der Waals surface area contributed by atoms with Crippen LogP contribution in [-0.4, -0.2) is 53.8 Å². The zero-order valence-electron chi connectivity index (χ0n) is 22.9. The van der Waals surface area contributed by atoms with Gasteiger partial charge in [-0.1, -0.05) is 36.4 Å². The number of hydrogen-bond donors (Lipinski definition) is 2. The fourth-order valence-electron chi connectivity index (χ4n) is 5.32. The molecule has 7 rings (SSSR count). The van der Waals surface area contributed by atoms with E-state index in [9.17, 15) is 14.4 Å². The van der Waals surface area contributed by atoms with Gasteiger partial charge in [0.05, 0.1) is 31.0 Å². The number of pyridine rings is 1. The largest absolute Gasteiger partial charge is 0.494 e. The zero-order valence-corrected chi connectivity index (χ0v) is 22.9. The highest BCUT2D eigenvalue weighted by Gasteiger charge is 2.33. The molecule has 8 bridgehead atoms. The number of ether oxygens (including phenoxy) is 2. The van der Waals surface area contributed by atoms with E-state index >= 15 is 0 Å². The molecule has 4 heterocycles. The Balaban J connectivity index is 1.32. The fraction of sp³-hybridized carbons (Fsp3) is 0.212. The van der Waals surface area contributed by atoms with Gasteiger partial charge in [-0.3, -0.25) is 19.4 Å². The molecule has 0 saturated heterocycles. The number of carbonyl (C=O) groups excluding carboxylic acids is 3. The molecule has 0 saturated carbocycles. The van der Waals surface area contributed by atoms with Crippen molar-refractivity contribution < 1.29 is 23.9 Å². The van der Waals surface area contributed by atoms with Crippen LogP contribution < -0.4 is 20.1 Å². The number of nitrogens with zero attached hydrogens (tertiary/aromatic N) is 2. The summed E-state index contributed by atoms with van der Waals surface area (Å²) in [5.41, 5.74) is 3.83. The van der Waals surface area contributed by atoms with E-state index in [1.54, 1.807) is 36.5 Å². The average molecular weight is 563 g/mol. The van der Waals surface area contributed by atoms with Crippen LogP contribution in [0.4, 0.5) is 0 Å². The minimum absolute atomic E-state index is 0.119. The van der Waals surface area contributed by atoms with Gasteiger partial charge in [0.1, 0.15) is 17.2 Å². The Morgan fingerprint density at radius 3 is 2.71 bits per heavy atom. The van der Waals surface area contributed by atoms with Gasteiger partial charge in [0, 0.05) is 24.8 Å². The van der Waals surface area contributed by atoms with Crippen LogP contribution in [0.1, 0.15) is 49.9 Å². The predicted molar refractivity (Wildman–Crippen MR) is 156 cm³/mol. The molecular weight excluding hydrogens is 532 g/mol. The van der Waals surface area contributed by atoms with Crippen LogP contribution in [0.25, 0.3) is 0 Å². The number of benzene rings is 3. The lowest BCUT2D eigenvalue weighted by Crippen LogP contribution is -2.45. The minimum Gasteiger partial charge on any atom is -0.494 e. The van der Waals surface area contributed by atoms with Gasteiger partial charge < -0.3 is 25.0 Å². The monoisotopic (exact) mass is 562 g/mol. The first kappa shape index (κ1) is 27.0. The van der Waals surface area contributed by atoms with Gasteiger partial charge in [-0.05, 0) is 72.0 Å². The number of rotatable bonds is 3. The van der Waals surface area contributed by atoms with Crippen LogP contribution in [0, 0.1) is 0 Å². The Morgan fingerprint density at radius 1 is 0.952 bits per heavy atom. The number of amides is 3. The lowest BCUT2D eigenvalue weighted by Gasteiger charge is -2.38. The number of fused-ring (bicyclic) bond motifs is 6. The fourth-order valence-corrected chi connectivity index (χ4v) is 5.32. The van der Waals surface area contributed by atoms with E-state index in [-0.39, 0.29) is 30.3 Å². The second kappa shape index (κ2) is 12.1. The van der Waals surface area contributed by atoms with Gasteiger partial charge in [-0.15, -0.1) is 0 Å². The lowest BCUT2D eigenvalue weighted by atomic mass is 9.87. The topological polar surface area (TPSA) is 110 Å². The minimum atomic E-state index is -0.379. The molecular formula is C33H30N4O5. The molecule has 3 aliphatic heterocycles. The number of hydrogen-bond acceptors (Lipinski definition) is 6. The maximum atomic E-state index is 13.6. The van der Waals surface area contributed by atoms with Crippen molar-refractivity contribution in [3.05, 3.63) is 119 Å². The number of nitrogens with one attached hydrogen (secondary N) is 2. The first-order valence-electron chi connectivity index (χ1n) is 13.9. The molecule has 0 fully saturated rings. The second-order valence-corrected chi connectivity index (χ2v) is 10.2. The third-order valence-electron chi connectivity index (χ3n) is 7.36. The molecule has 9 nitrogen and oxygen atoms in total. The Morgan fingerprint density at radius 2 is 1.83 bits per heavy atom. The van der Waals surface area contributed by atoms with Crippen molar-refractivity contribution in [1.82, 2.24) is 20.5 Å². The highest BCUT2D eigenvalue weighted by atomic mass is 16.5. The van der Waals surface area contributed by atoms with Crippen molar-refractivity contribution >= 4 is 17.7 Å². The maximum absolute atomic E-state index is 13.6. The zero-order chi connectivity index (χ0) is 28.9. The Labute approximate surface area is 243 Å². The molecule has 1 unspecified atom stereocenters. The summed E-state index contributed by atoms with van der Waals surface area (Å²) in [6.07, 6.45) is 4.30. The molecule has 0 spiro atoms. The van der Waals surface area contributed by atoms with E-state index in [0.717, 1.165) is 16.7 Å². The van der Waals surface area contributed by atoms with E-state index in [1.807, 2.05) is 53.4 Å². The lowest BCUT2D eigenvalue weighted by molar-refractivity contribution is -0.132. The van der Waals surface area contributed by atoms with Crippen LogP contribution in [0.3, 0.4) is 0 Å². The third-order valence-corrected chi connectivity index (χ3v) is 7.36. The van der Waals surface area contributed by atoms with E-state index in [0.29, 0.717) is 60.9 Å². The Hall–Kier alpha value is -5.18. The van der Waals surface area contributed by atoms with Gasteiger partial charge in [0.25, 0.3) is 11.8 Å². The van der Waals surface area contributed by atoms with Crippen molar-refractivity contribution in [2.45, 2.75) is 18.9 Å². The molecule has 212 valence electrons. The summed E-state index contributed by atoms with van der Waals surface area (Å²) in [6, 6.07) is 23.7. The molecule has 3 amide bonds. The number of carbonyl (C=O) groups is 3. The third kappa shape index (κ3) is 5.95. The van der Waals surface area contributed by atoms with E-state index in [2.05, 4.69) is 15.6 Å². The molecule has 4 aromatic rings. The summed E-state index contributed by atoms with van der Waals surface area (Å²) < 4.78 is 12.1. The van der Waals surface area contributed by atoms with Crippen LogP contribution in [0.5, 0.6) is 17.2 Å². The predicted octanol–water partition coefficient (Wildman–Crippen LogP) is 4.29. The molecule has 2 N–H and O–H groups in total. The second-order valence-electron chi connectivity index (χ2n) is 10.2. The molecule has 42 heavy (non-hydrogen) atoms. The van der Waals surface area contributed by atoms with Gasteiger partial charge >= 0.3 is 0 Å². The SMILES string of the molecule is O=C1NCCCOc2cccc(c2)C2c3ccc(cc3CCN2C(=O)CNC(=O)c2ccccc2)Oc2cncc1c2. The van der Waals surface area contributed by atoms with Gasteiger partial charge in [-0.25, -0.2) is 0 Å². The summed E-state index contributed by atoms with van der Waals surface area (Å²) in [6.45, 7) is 1.19. The van der Waals surface area contributed by atoms with Gasteiger partial charge in [0.15, 0.2) is 0 Å². The molecule has 0 aliphatic carbocycles. The normalized spacial score (nSPS) is 16.2. The molecule has 3 aliphatic rings. The summed E-state index contributed by atoms with van der Waals surface area (Å²) >= 11 is 0. The standard InChI is InChI=1S/C33H30N4O5/c38-30(21-36-32(39)22-6-2-1-3-7-22)37-14-12-23-16-27-10-11-29(23)31(37)24-8-4-9-26(17-24)41-15-5-13-35-33(40)25-18-28(42-27)20-34-19-25/h1-4,6-11,16-20,31H,5,12-15,21H2,(H,35,40)(H,36,39). The summed E-state index contributed by atoms with van der Waals surface area (Å²) in [4.78, 5) is 44.9. The maximum Gasteiger partial charge on any atom is 0.252 e. The number of aromatic nitrogens is 1. The highest BCUT2D eigenvalue weighted by Crippen LogP contribution is 2.38. The van der Waals surface area contributed by atoms with Crippen molar-refractivity contribution in [3.8, 4) is 17.2 Å². The molecule has 1 atom stereocenters. The summed E-state index contributed by atoms with van der Waals surface area (Å²) in [7, 11) is 0.